The molecule has 4 rings (SSSR count). The summed E-state index contributed by atoms with van der Waals surface area (Å²) in [5, 5.41) is 0. The lowest BCUT2D eigenvalue weighted by molar-refractivity contribution is 0.265. The summed E-state index contributed by atoms with van der Waals surface area (Å²) in [6.45, 7) is 4.91. The summed E-state index contributed by atoms with van der Waals surface area (Å²) in [4.78, 5) is 0.413. The molecule has 1 unspecified atom stereocenters. The first-order chi connectivity index (χ1) is 12.5. The molecule has 2 saturated carbocycles. The molecule has 1 aromatic rings. The molecule has 1 aromatic carbocycles. The van der Waals surface area contributed by atoms with E-state index < -0.39 is 10.0 Å². The quantitative estimate of drug-likeness (QED) is 0.705. The van der Waals surface area contributed by atoms with E-state index in [1.807, 2.05) is 25.3 Å². The molecule has 4 heteroatoms. The summed E-state index contributed by atoms with van der Waals surface area (Å²) in [6.07, 6.45) is 14.2. The predicted octanol–water partition coefficient (Wildman–Crippen LogP) is 5.27. The summed E-state index contributed by atoms with van der Waals surface area (Å²) < 4.78 is 28.1. The number of fused-ring (bicyclic) bond motifs is 1. The zero-order valence-corrected chi connectivity index (χ0v) is 16.9. The zero-order chi connectivity index (χ0) is 18.4. The highest BCUT2D eigenvalue weighted by atomic mass is 32.2. The van der Waals surface area contributed by atoms with Crippen molar-refractivity contribution in [2.45, 2.75) is 70.1 Å². The Balaban J connectivity index is 1.66. The number of rotatable bonds is 5. The molecule has 0 N–H and O–H groups in total. The van der Waals surface area contributed by atoms with Gasteiger partial charge >= 0.3 is 0 Å². The number of aryl methyl sites for hydroxylation is 1. The highest BCUT2D eigenvalue weighted by Crippen LogP contribution is 2.78. The van der Waals surface area contributed by atoms with E-state index in [2.05, 4.69) is 13.0 Å². The first-order valence-electron chi connectivity index (χ1n) is 10.2. The molecular formula is C22H31NO2S. The molecule has 3 atom stereocenters. The van der Waals surface area contributed by atoms with E-state index in [0.29, 0.717) is 17.4 Å². The molecule has 0 saturated heterocycles. The Kier molecular flexibility index (Phi) is 4.45. The minimum Gasteiger partial charge on any atom is -0.273 e. The van der Waals surface area contributed by atoms with Crippen molar-refractivity contribution in [2.24, 2.45) is 16.7 Å². The minimum atomic E-state index is -3.45. The van der Waals surface area contributed by atoms with Gasteiger partial charge in [-0.2, -0.15) is 0 Å². The fraction of sp³-hybridized carbons (Fsp3) is 0.636. The lowest BCUT2D eigenvalue weighted by atomic mass is 9.82. The van der Waals surface area contributed by atoms with Crippen LogP contribution in [-0.4, -0.2) is 19.3 Å². The molecule has 3 aliphatic rings. The minimum absolute atomic E-state index is 0.186. The molecule has 1 aliphatic heterocycles. The SMILES string of the molecule is CCCC[C@@]12C=CN(S(=O)(=O)c3ccc(C)cc3)C[C@@]13CCCCCC32. The van der Waals surface area contributed by atoms with Crippen molar-refractivity contribution in [3.8, 4) is 0 Å². The lowest BCUT2D eigenvalue weighted by Gasteiger charge is -2.34. The second kappa shape index (κ2) is 6.40. The number of nitrogens with zero attached hydrogens (tertiary/aromatic N) is 1. The number of allylic oxidation sites excluding steroid dienone is 1. The normalized spacial score (nSPS) is 33.3. The Morgan fingerprint density at radius 2 is 1.92 bits per heavy atom. The Hall–Kier alpha value is -1.29. The van der Waals surface area contributed by atoms with Crippen LogP contribution in [0.25, 0.3) is 0 Å². The van der Waals surface area contributed by atoms with Crippen molar-refractivity contribution in [1.29, 1.82) is 0 Å². The Morgan fingerprint density at radius 1 is 1.15 bits per heavy atom. The number of unbranched alkanes of at least 4 members (excludes halogenated alkanes) is 1. The summed E-state index contributed by atoms with van der Waals surface area (Å²) in [7, 11) is -3.45. The Morgan fingerprint density at radius 3 is 2.65 bits per heavy atom. The number of sulfonamides is 1. The third kappa shape index (κ3) is 2.56. The van der Waals surface area contributed by atoms with E-state index in [1.165, 1.54) is 51.4 Å². The van der Waals surface area contributed by atoms with E-state index >= 15 is 0 Å². The first-order valence-corrected chi connectivity index (χ1v) is 11.7. The maximum absolute atomic E-state index is 13.2. The van der Waals surface area contributed by atoms with Gasteiger partial charge in [0.2, 0.25) is 0 Å². The monoisotopic (exact) mass is 373 g/mol. The van der Waals surface area contributed by atoms with E-state index in [4.69, 9.17) is 0 Å². The summed E-state index contributed by atoms with van der Waals surface area (Å²) in [5.74, 6) is 0.679. The molecule has 0 bridgehead atoms. The van der Waals surface area contributed by atoms with E-state index in [1.54, 1.807) is 16.4 Å². The average molecular weight is 374 g/mol. The van der Waals surface area contributed by atoms with E-state index in [-0.39, 0.29) is 10.8 Å². The van der Waals surface area contributed by atoms with Crippen molar-refractivity contribution < 1.29 is 8.42 Å². The molecule has 26 heavy (non-hydrogen) atoms. The molecule has 2 fully saturated rings. The fourth-order valence-electron chi connectivity index (χ4n) is 5.85. The summed E-state index contributed by atoms with van der Waals surface area (Å²) in [5.41, 5.74) is 1.54. The van der Waals surface area contributed by atoms with Gasteiger partial charge in [-0.05, 0) is 44.2 Å². The van der Waals surface area contributed by atoms with Crippen LogP contribution in [0.5, 0.6) is 0 Å². The lowest BCUT2D eigenvalue weighted by Crippen LogP contribution is -2.37. The summed E-state index contributed by atoms with van der Waals surface area (Å²) in [6, 6.07) is 7.26. The molecule has 1 spiro atoms. The van der Waals surface area contributed by atoms with Crippen LogP contribution in [0.4, 0.5) is 0 Å². The van der Waals surface area contributed by atoms with Crippen LogP contribution >= 0.6 is 0 Å². The Bertz CT molecular complexity index is 798. The molecule has 2 aliphatic carbocycles. The van der Waals surface area contributed by atoms with Crippen molar-refractivity contribution in [3.63, 3.8) is 0 Å². The van der Waals surface area contributed by atoms with Gasteiger partial charge in [0.25, 0.3) is 10.0 Å². The van der Waals surface area contributed by atoms with Crippen molar-refractivity contribution >= 4 is 10.0 Å². The predicted molar refractivity (Wildman–Crippen MR) is 105 cm³/mol. The van der Waals surface area contributed by atoms with Crippen LogP contribution in [0.3, 0.4) is 0 Å². The fourth-order valence-corrected chi connectivity index (χ4v) is 7.22. The standard InChI is InChI=1S/C22H31NO2S/c1-3-4-13-21-15-16-23(17-22(21)14-7-5-6-8-20(21)22)26(24,25)19-11-9-18(2)10-12-19/h9-12,15-16,20H,3-8,13-14,17H2,1-2H3/t20?,21-,22+/m0/s1. The average Bonchev–Trinajstić information content (AvgIpc) is 3.26. The van der Waals surface area contributed by atoms with Crippen molar-refractivity contribution in [2.75, 3.05) is 6.54 Å². The van der Waals surface area contributed by atoms with Gasteiger partial charge < -0.3 is 0 Å². The van der Waals surface area contributed by atoms with Crippen LogP contribution in [0.2, 0.25) is 0 Å². The molecule has 142 valence electrons. The molecule has 0 aromatic heterocycles. The highest BCUT2D eigenvalue weighted by Gasteiger charge is 2.74. The second-order valence-electron chi connectivity index (χ2n) is 8.63. The largest absolute Gasteiger partial charge is 0.273 e. The molecular weight excluding hydrogens is 342 g/mol. The number of hydrogen-bond acceptors (Lipinski definition) is 2. The number of hydrogen-bond donors (Lipinski definition) is 0. The van der Waals surface area contributed by atoms with Crippen LogP contribution in [0.15, 0.2) is 41.4 Å². The van der Waals surface area contributed by atoms with Crippen molar-refractivity contribution in [1.82, 2.24) is 4.31 Å². The van der Waals surface area contributed by atoms with Gasteiger partial charge in [0.1, 0.15) is 0 Å². The van der Waals surface area contributed by atoms with E-state index in [0.717, 1.165) is 5.56 Å². The van der Waals surface area contributed by atoms with Crippen LogP contribution in [0.1, 0.15) is 63.9 Å². The third-order valence-electron chi connectivity index (χ3n) is 7.30. The maximum atomic E-state index is 13.2. The molecule has 3 nitrogen and oxygen atoms in total. The van der Waals surface area contributed by atoms with Gasteiger partial charge in [0.15, 0.2) is 0 Å². The zero-order valence-electron chi connectivity index (χ0n) is 16.1. The Labute approximate surface area is 158 Å². The van der Waals surface area contributed by atoms with Gasteiger partial charge in [0.05, 0.1) is 4.90 Å². The highest BCUT2D eigenvalue weighted by molar-refractivity contribution is 7.89. The smallest absolute Gasteiger partial charge is 0.263 e. The van der Waals surface area contributed by atoms with Gasteiger partial charge in [0, 0.05) is 23.6 Å². The maximum Gasteiger partial charge on any atom is 0.263 e. The van der Waals surface area contributed by atoms with E-state index in [9.17, 15) is 8.42 Å². The molecule has 0 amide bonds. The van der Waals surface area contributed by atoms with Crippen LogP contribution < -0.4 is 0 Å². The molecule has 0 radical (unpaired) electrons. The van der Waals surface area contributed by atoms with Gasteiger partial charge in [-0.1, -0.05) is 62.8 Å². The van der Waals surface area contributed by atoms with Gasteiger partial charge in [-0.25, -0.2) is 8.42 Å². The van der Waals surface area contributed by atoms with Gasteiger partial charge in [-0.3, -0.25) is 4.31 Å². The van der Waals surface area contributed by atoms with Gasteiger partial charge in [-0.15, -0.1) is 0 Å². The topological polar surface area (TPSA) is 37.4 Å². The van der Waals surface area contributed by atoms with Crippen molar-refractivity contribution in [3.05, 3.63) is 42.1 Å². The molecule has 1 heterocycles. The third-order valence-corrected chi connectivity index (χ3v) is 9.03. The summed E-state index contributed by atoms with van der Waals surface area (Å²) >= 11 is 0. The van der Waals surface area contributed by atoms with Crippen LogP contribution in [0, 0.1) is 23.7 Å². The first kappa shape index (κ1) is 18.1. The second-order valence-corrected chi connectivity index (χ2v) is 10.5. The van der Waals surface area contributed by atoms with Crippen LogP contribution in [-0.2, 0) is 10.0 Å². The number of benzene rings is 1.